The molecule has 3 nitrogen and oxygen atoms in total. The predicted octanol–water partition coefficient (Wildman–Crippen LogP) is 0.982. The third-order valence-corrected chi connectivity index (χ3v) is 2.20. The van der Waals surface area contributed by atoms with Gasteiger partial charge in [0.2, 0.25) is 0 Å². The summed E-state index contributed by atoms with van der Waals surface area (Å²) in [7, 11) is 0. The Hall–Kier alpha value is -0.280. The van der Waals surface area contributed by atoms with Gasteiger partial charge in [0.1, 0.15) is 0 Å². The quantitative estimate of drug-likeness (QED) is 0.503. The van der Waals surface area contributed by atoms with Gasteiger partial charge in [0.25, 0.3) is 11.7 Å². The summed E-state index contributed by atoms with van der Waals surface area (Å²) in [6, 6.07) is 0. The molecule has 0 aromatic heterocycles. The van der Waals surface area contributed by atoms with Gasteiger partial charge in [-0.3, -0.25) is 9.59 Å². The molecule has 5 heteroatoms. The fraction of sp³-hybridized carbons (Fsp3) is 0.714. The first-order valence-corrected chi connectivity index (χ1v) is 4.61. The molecule has 0 bridgehead atoms. The number of carbonyl (C=O) groups excluding carboxylic acids is 2. The van der Waals surface area contributed by atoms with Crippen LogP contribution in [0.5, 0.6) is 0 Å². The lowest BCUT2D eigenvalue weighted by molar-refractivity contribution is -0.143. The number of Topliss-reactive ketones (excluding diaryl/α,β-unsaturated/α-hetero) is 1. The van der Waals surface area contributed by atoms with Crippen molar-refractivity contribution in [3.63, 3.8) is 0 Å². The molecule has 0 spiro atoms. The van der Waals surface area contributed by atoms with Crippen molar-refractivity contribution >= 4 is 34.9 Å². The van der Waals surface area contributed by atoms with Crippen molar-refractivity contribution in [1.29, 1.82) is 0 Å². The van der Waals surface area contributed by atoms with Crippen LogP contribution in [0.15, 0.2) is 0 Å². The maximum Gasteiger partial charge on any atom is 0.292 e. The zero-order valence-electron chi connectivity index (χ0n) is 6.43. The molecule has 68 valence electrons. The van der Waals surface area contributed by atoms with E-state index in [4.69, 9.17) is 23.2 Å². The summed E-state index contributed by atoms with van der Waals surface area (Å²) in [6.45, 7) is 1.29. The largest absolute Gasteiger partial charge is 0.336 e. The van der Waals surface area contributed by atoms with Crippen LogP contribution >= 0.6 is 23.2 Å². The van der Waals surface area contributed by atoms with Gasteiger partial charge in [0.15, 0.2) is 4.84 Å². The molecule has 0 aliphatic carbocycles. The smallest absolute Gasteiger partial charge is 0.292 e. The molecule has 0 aromatic carbocycles. The Morgan fingerprint density at radius 1 is 1.17 bits per heavy atom. The highest BCUT2D eigenvalue weighted by molar-refractivity contribution is 6.63. The number of hydrogen-bond acceptors (Lipinski definition) is 2. The number of rotatable bonds is 2. The van der Waals surface area contributed by atoms with E-state index < -0.39 is 16.5 Å². The first kappa shape index (κ1) is 9.81. The lowest BCUT2D eigenvalue weighted by Crippen LogP contribution is -2.36. The minimum absolute atomic E-state index is 0.553. The number of halogens is 2. The highest BCUT2D eigenvalue weighted by Crippen LogP contribution is 2.11. The summed E-state index contributed by atoms with van der Waals surface area (Å²) in [4.78, 5) is 22.4. The molecular weight excluding hydrogens is 201 g/mol. The summed E-state index contributed by atoms with van der Waals surface area (Å²) < 4.78 is 0. The first-order valence-electron chi connectivity index (χ1n) is 3.74. The zero-order valence-corrected chi connectivity index (χ0v) is 7.94. The minimum Gasteiger partial charge on any atom is -0.336 e. The van der Waals surface area contributed by atoms with Crippen LogP contribution in [0.1, 0.15) is 12.8 Å². The lowest BCUT2D eigenvalue weighted by Gasteiger charge is -2.13. The third-order valence-electron chi connectivity index (χ3n) is 1.80. The van der Waals surface area contributed by atoms with Gasteiger partial charge in [-0.25, -0.2) is 0 Å². The van der Waals surface area contributed by atoms with Crippen molar-refractivity contribution < 1.29 is 9.59 Å². The van der Waals surface area contributed by atoms with E-state index in [1.165, 1.54) is 4.90 Å². The molecule has 12 heavy (non-hydrogen) atoms. The zero-order chi connectivity index (χ0) is 9.14. The second-order valence-electron chi connectivity index (χ2n) is 2.66. The van der Waals surface area contributed by atoms with Crippen molar-refractivity contribution in [3.05, 3.63) is 0 Å². The van der Waals surface area contributed by atoms with Crippen LogP contribution < -0.4 is 0 Å². The van der Waals surface area contributed by atoms with Gasteiger partial charge in [0, 0.05) is 13.1 Å². The van der Waals surface area contributed by atoms with Gasteiger partial charge in [-0.2, -0.15) is 0 Å². The number of amides is 1. The lowest BCUT2D eigenvalue weighted by atomic mass is 10.4. The van der Waals surface area contributed by atoms with Crippen molar-refractivity contribution in [2.24, 2.45) is 0 Å². The molecule has 1 aliphatic rings. The molecule has 1 rings (SSSR count). The van der Waals surface area contributed by atoms with E-state index in [9.17, 15) is 9.59 Å². The van der Waals surface area contributed by atoms with E-state index in [2.05, 4.69) is 0 Å². The Labute approximate surface area is 80.6 Å². The molecular formula is C7H9Cl2NO2. The van der Waals surface area contributed by atoms with Gasteiger partial charge in [0.05, 0.1) is 0 Å². The fourth-order valence-corrected chi connectivity index (χ4v) is 1.36. The van der Waals surface area contributed by atoms with Crippen LogP contribution in [-0.2, 0) is 9.59 Å². The monoisotopic (exact) mass is 209 g/mol. The van der Waals surface area contributed by atoms with Crippen LogP contribution in [0.3, 0.4) is 0 Å². The van der Waals surface area contributed by atoms with E-state index in [-0.39, 0.29) is 0 Å². The van der Waals surface area contributed by atoms with Gasteiger partial charge >= 0.3 is 0 Å². The molecule has 0 saturated carbocycles. The number of carbonyl (C=O) groups is 2. The van der Waals surface area contributed by atoms with E-state index in [0.717, 1.165) is 12.8 Å². The summed E-state index contributed by atoms with van der Waals surface area (Å²) in [5.41, 5.74) is 0. The van der Waals surface area contributed by atoms with Gasteiger partial charge < -0.3 is 4.90 Å². The molecule has 1 fully saturated rings. The van der Waals surface area contributed by atoms with Crippen molar-refractivity contribution in [1.82, 2.24) is 4.90 Å². The number of alkyl halides is 2. The van der Waals surface area contributed by atoms with E-state index >= 15 is 0 Å². The van der Waals surface area contributed by atoms with E-state index in [1.54, 1.807) is 0 Å². The van der Waals surface area contributed by atoms with E-state index in [0.29, 0.717) is 13.1 Å². The Balaban J connectivity index is 2.51. The highest BCUT2D eigenvalue weighted by atomic mass is 35.5. The topological polar surface area (TPSA) is 37.4 Å². The predicted molar refractivity (Wildman–Crippen MR) is 46.3 cm³/mol. The fourth-order valence-electron chi connectivity index (χ4n) is 1.17. The van der Waals surface area contributed by atoms with Crippen molar-refractivity contribution in [2.45, 2.75) is 17.7 Å². The van der Waals surface area contributed by atoms with Crippen LogP contribution in [-0.4, -0.2) is 34.5 Å². The van der Waals surface area contributed by atoms with Crippen LogP contribution in [0.2, 0.25) is 0 Å². The van der Waals surface area contributed by atoms with E-state index in [1.807, 2.05) is 0 Å². The number of hydrogen-bond donors (Lipinski definition) is 0. The molecule has 0 aromatic rings. The van der Waals surface area contributed by atoms with Crippen molar-refractivity contribution in [3.8, 4) is 0 Å². The third kappa shape index (κ3) is 2.11. The van der Waals surface area contributed by atoms with Gasteiger partial charge in [-0.15, -0.1) is 0 Å². The van der Waals surface area contributed by atoms with Crippen molar-refractivity contribution in [2.75, 3.05) is 13.1 Å². The molecule has 1 heterocycles. The summed E-state index contributed by atoms with van der Waals surface area (Å²) in [5, 5.41) is 0. The molecule has 0 radical (unpaired) electrons. The average molecular weight is 210 g/mol. The maximum absolute atomic E-state index is 11.2. The first-order chi connectivity index (χ1) is 5.63. The molecule has 0 unspecified atom stereocenters. The maximum atomic E-state index is 11.2. The standard InChI is InChI=1S/C7H9Cl2NO2/c8-6(9)5(11)7(12)10-3-1-2-4-10/h6H,1-4H2. The summed E-state index contributed by atoms with van der Waals surface area (Å²) >= 11 is 10.5. The van der Waals surface area contributed by atoms with Gasteiger partial charge in [-0.05, 0) is 12.8 Å². The summed E-state index contributed by atoms with van der Waals surface area (Å²) in [5.74, 6) is -1.28. The van der Waals surface area contributed by atoms with Crippen LogP contribution in [0, 0.1) is 0 Å². The SMILES string of the molecule is O=C(C(=O)N1CCCC1)C(Cl)Cl. The normalized spacial score (nSPS) is 17.1. The second kappa shape index (κ2) is 4.10. The Morgan fingerprint density at radius 3 is 2.08 bits per heavy atom. The number of ketones is 1. The van der Waals surface area contributed by atoms with Gasteiger partial charge in [-0.1, -0.05) is 23.2 Å². The molecule has 1 amide bonds. The highest BCUT2D eigenvalue weighted by Gasteiger charge is 2.28. The average Bonchev–Trinajstić information content (AvgIpc) is 2.53. The van der Waals surface area contributed by atoms with Crippen LogP contribution in [0.4, 0.5) is 0 Å². The molecule has 0 N–H and O–H groups in total. The molecule has 0 atom stereocenters. The minimum atomic E-state index is -1.22. The Kier molecular flexibility index (Phi) is 3.35. The Bertz CT molecular complexity index is 200. The van der Waals surface area contributed by atoms with Crippen LogP contribution in [0.25, 0.3) is 0 Å². The molecule has 1 aliphatic heterocycles. The second-order valence-corrected chi connectivity index (χ2v) is 3.76. The summed E-state index contributed by atoms with van der Waals surface area (Å²) in [6.07, 6.45) is 1.91. The Morgan fingerprint density at radius 2 is 1.67 bits per heavy atom. The number of nitrogens with zero attached hydrogens (tertiary/aromatic N) is 1. The number of likely N-dealkylation sites (tertiary alicyclic amines) is 1. The molecule has 1 saturated heterocycles.